The van der Waals surface area contributed by atoms with Crippen LogP contribution < -0.4 is 10.2 Å². The summed E-state index contributed by atoms with van der Waals surface area (Å²) in [6.07, 6.45) is 1.19. The maximum atomic E-state index is 12.7. The third-order valence-electron chi connectivity index (χ3n) is 3.67. The van der Waals surface area contributed by atoms with Gasteiger partial charge >= 0.3 is 6.03 Å². The van der Waals surface area contributed by atoms with Crippen molar-refractivity contribution in [1.82, 2.24) is 5.32 Å². The molecule has 4 amide bonds. The molecule has 0 radical (unpaired) electrons. The molecule has 1 saturated heterocycles. The van der Waals surface area contributed by atoms with Gasteiger partial charge in [-0.2, -0.15) is 5.26 Å². The highest BCUT2D eigenvalue weighted by atomic mass is 16.3. The van der Waals surface area contributed by atoms with Crippen LogP contribution in [0, 0.1) is 11.3 Å². The van der Waals surface area contributed by atoms with Crippen LogP contribution in [-0.4, -0.2) is 28.1 Å². The topological polar surface area (TPSA) is 131 Å². The van der Waals surface area contributed by atoms with Gasteiger partial charge in [-0.05, 0) is 48.0 Å². The van der Waals surface area contributed by atoms with E-state index in [1.54, 1.807) is 0 Å². The molecule has 2 aromatic rings. The Kier molecular flexibility index (Phi) is 4.12. The Bertz CT molecular complexity index is 1000. The minimum atomic E-state index is -0.907. The average Bonchev–Trinajstić information content (AvgIpc) is 2.62. The van der Waals surface area contributed by atoms with Crippen LogP contribution in [0.1, 0.15) is 11.1 Å². The van der Waals surface area contributed by atoms with Crippen LogP contribution >= 0.6 is 0 Å². The number of hydrogen-bond donors (Lipinski definition) is 3. The summed E-state index contributed by atoms with van der Waals surface area (Å²) >= 11 is 0. The molecule has 0 spiro atoms. The molecule has 26 heavy (non-hydrogen) atoms. The lowest BCUT2D eigenvalue weighted by atomic mass is 10.1. The van der Waals surface area contributed by atoms with Crippen molar-refractivity contribution in [2.75, 3.05) is 4.90 Å². The fourth-order valence-corrected chi connectivity index (χ4v) is 2.37. The van der Waals surface area contributed by atoms with Gasteiger partial charge in [0.2, 0.25) is 0 Å². The highest BCUT2D eigenvalue weighted by Crippen LogP contribution is 2.27. The summed E-state index contributed by atoms with van der Waals surface area (Å²) in [6.45, 7) is 0. The molecule has 1 fully saturated rings. The van der Waals surface area contributed by atoms with E-state index in [1.807, 2.05) is 6.07 Å². The lowest BCUT2D eigenvalue weighted by Gasteiger charge is -2.26. The minimum Gasteiger partial charge on any atom is -0.504 e. The molecule has 1 heterocycles. The van der Waals surface area contributed by atoms with Crippen molar-refractivity contribution in [3.05, 3.63) is 59.2 Å². The largest absolute Gasteiger partial charge is 0.504 e. The van der Waals surface area contributed by atoms with Gasteiger partial charge in [-0.3, -0.25) is 14.9 Å². The summed E-state index contributed by atoms with van der Waals surface area (Å²) < 4.78 is 0. The van der Waals surface area contributed by atoms with E-state index in [1.165, 1.54) is 48.5 Å². The Morgan fingerprint density at radius 3 is 2.31 bits per heavy atom. The number of nitrogens with one attached hydrogen (secondary N) is 1. The molecule has 0 aliphatic carbocycles. The molecule has 0 bridgehead atoms. The third kappa shape index (κ3) is 2.97. The van der Waals surface area contributed by atoms with Crippen LogP contribution in [-0.2, 0) is 9.59 Å². The van der Waals surface area contributed by atoms with E-state index in [4.69, 9.17) is 5.26 Å². The SMILES string of the molecule is N#Cc1ccc(N2C(=O)NC(=O)C(=Cc3ccc(O)c(O)c3)C2=O)cc1. The second-order valence-corrected chi connectivity index (χ2v) is 5.36. The number of barbiturate groups is 1. The molecule has 8 nitrogen and oxygen atoms in total. The summed E-state index contributed by atoms with van der Waals surface area (Å²) in [4.78, 5) is 37.5. The summed E-state index contributed by atoms with van der Waals surface area (Å²) in [6, 6.07) is 10.5. The molecule has 0 saturated carbocycles. The molecule has 3 rings (SSSR count). The van der Waals surface area contributed by atoms with E-state index in [2.05, 4.69) is 5.32 Å². The van der Waals surface area contributed by atoms with E-state index >= 15 is 0 Å². The number of carbonyl (C=O) groups excluding carboxylic acids is 3. The monoisotopic (exact) mass is 349 g/mol. The number of phenols is 2. The first-order chi connectivity index (χ1) is 12.4. The number of nitriles is 1. The normalized spacial score (nSPS) is 15.7. The van der Waals surface area contributed by atoms with Gasteiger partial charge in [-0.1, -0.05) is 6.07 Å². The smallest absolute Gasteiger partial charge is 0.335 e. The van der Waals surface area contributed by atoms with E-state index < -0.39 is 23.6 Å². The zero-order valence-corrected chi connectivity index (χ0v) is 13.1. The van der Waals surface area contributed by atoms with Crippen molar-refractivity contribution in [2.24, 2.45) is 0 Å². The van der Waals surface area contributed by atoms with Gasteiger partial charge in [0.25, 0.3) is 11.8 Å². The zero-order chi connectivity index (χ0) is 18.8. The number of rotatable bonds is 2. The van der Waals surface area contributed by atoms with E-state index in [9.17, 15) is 24.6 Å². The van der Waals surface area contributed by atoms with Gasteiger partial charge in [0.15, 0.2) is 11.5 Å². The molecule has 0 unspecified atom stereocenters. The highest BCUT2D eigenvalue weighted by molar-refractivity contribution is 6.39. The summed E-state index contributed by atoms with van der Waals surface area (Å²) in [5, 5.41) is 29.7. The number of aromatic hydroxyl groups is 2. The standard InChI is InChI=1S/C18H11N3O5/c19-9-10-1-4-12(5-2-10)21-17(25)13(16(24)20-18(21)26)7-11-3-6-14(22)15(23)8-11/h1-8,22-23H,(H,20,24,26). The molecule has 1 aliphatic rings. The van der Waals surface area contributed by atoms with Crippen molar-refractivity contribution in [3.63, 3.8) is 0 Å². The number of imide groups is 2. The van der Waals surface area contributed by atoms with E-state index in [-0.39, 0.29) is 22.6 Å². The van der Waals surface area contributed by atoms with Gasteiger partial charge in [-0.25, -0.2) is 9.69 Å². The molecule has 128 valence electrons. The fourth-order valence-electron chi connectivity index (χ4n) is 2.37. The lowest BCUT2D eigenvalue weighted by Crippen LogP contribution is -2.54. The Balaban J connectivity index is 2.00. The Hall–Kier alpha value is -4.12. The second-order valence-electron chi connectivity index (χ2n) is 5.36. The predicted molar refractivity (Wildman–Crippen MR) is 89.9 cm³/mol. The van der Waals surface area contributed by atoms with E-state index in [0.717, 1.165) is 4.90 Å². The van der Waals surface area contributed by atoms with Crippen LogP contribution in [0.15, 0.2) is 48.0 Å². The van der Waals surface area contributed by atoms with Crippen LogP contribution in [0.2, 0.25) is 0 Å². The molecular formula is C18H11N3O5. The molecule has 0 atom stereocenters. The van der Waals surface area contributed by atoms with Crippen LogP contribution in [0.4, 0.5) is 10.5 Å². The number of phenolic OH excluding ortho intramolecular Hbond substituents is 2. The third-order valence-corrected chi connectivity index (χ3v) is 3.67. The van der Waals surface area contributed by atoms with Crippen LogP contribution in [0.3, 0.4) is 0 Å². The first-order valence-corrected chi connectivity index (χ1v) is 7.34. The van der Waals surface area contributed by atoms with Crippen LogP contribution in [0.25, 0.3) is 6.08 Å². The van der Waals surface area contributed by atoms with Gasteiger partial charge < -0.3 is 10.2 Å². The zero-order valence-electron chi connectivity index (χ0n) is 13.1. The lowest BCUT2D eigenvalue weighted by molar-refractivity contribution is -0.122. The average molecular weight is 349 g/mol. The Morgan fingerprint density at radius 1 is 1.00 bits per heavy atom. The van der Waals surface area contributed by atoms with Crippen molar-refractivity contribution in [1.29, 1.82) is 5.26 Å². The molecule has 3 N–H and O–H groups in total. The first kappa shape index (κ1) is 16.7. The summed E-state index contributed by atoms with van der Waals surface area (Å²) in [7, 11) is 0. The number of carbonyl (C=O) groups is 3. The predicted octanol–water partition coefficient (Wildman–Crippen LogP) is 1.64. The van der Waals surface area contributed by atoms with Gasteiger partial charge in [0, 0.05) is 0 Å². The number of anilines is 1. The molecule has 2 aromatic carbocycles. The van der Waals surface area contributed by atoms with Crippen molar-refractivity contribution >= 4 is 29.6 Å². The van der Waals surface area contributed by atoms with E-state index in [0.29, 0.717) is 5.56 Å². The number of urea groups is 1. The van der Waals surface area contributed by atoms with Gasteiger partial charge in [-0.15, -0.1) is 0 Å². The maximum Gasteiger partial charge on any atom is 0.335 e. The van der Waals surface area contributed by atoms with Crippen molar-refractivity contribution < 1.29 is 24.6 Å². The fraction of sp³-hybridized carbons (Fsp3) is 0. The maximum absolute atomic E-state index is 12.7. The number of nitrogens with zero attached hydrogens (tertiary/aromatic N) is 2. The Morgan fingerprint density at radius 2 is 1.69 bits per heavy atom. The Labute approximate surface area is 147 Å². The minimum absolute atomic E-state index is 0.193. The number of benzene rings is 2. The first-order valence-electron chi connectivity index (χ1n) is 7.34. The quantitative estimate of drug-likeness (QED) is 0.429. The summed E-state index contributed by atoms with van der Waals surface area (Å²) in [5.74, 6) is -2.49. The number of hydrogen-bond acceptors (Lipinski definition) is 6. The highest BCUT2D eigenvalue weighted by Gasteiger charge is 2.36. The number of amides is 4. The molecular weight excluding hydrogens is 338 g/mol. The van der Waals surface area contributed by atoms with Gasteiger partial charge in [0.1, 0.15) is 5.57 Å². The summed E-state index contributed by atoms with van der Waals surface area (Å²) in [5.41, 5.74) is 0.510. The van der Waals surface area contributed by atoms with Crippen molar-refractivity contribution in [3.8, 4) is 17.6 Å². The molecule has 0 aromatic heterocycles. The van der Waals surface area contributed by atoms with Crippen molar-refractivity contribution in [2.45, 2.75) is 0 Å². The van der Waals surface area contributed by atoms with Gasteiger partial charge in [0.05, 0.1) is 17.3 Å². The molecule has 1 aliphatic heterocycles. The second kappa shape index (κ2) is 6.41. The van der Waals surface area contributed by atoms with Crippen LogP contribution in [0.5, 0.6) is 11.5 Å². The molecule has 8 heteroatoms.